The lowest BCUT2D eigenvalue weighted by Gasteiger charge is -2.24. The predicted molar refractivity (Wildman–Crippen MR) is 315 cm³/mol. The Bertz CT molecular complexity index is 3330. The third-order valence-corrected chi connectivity index (χ3v) is 13.7. The molecular formula is C66H66BBrN4O2. The van der Waals surface area contributed by atoms with Gasteiger partial charge in [-0.25, -0.2) is 9.97 Å². The van der Waals surface area contributed by atoms with Crippen molar-refractivity contribution in [2.75, 3.05) is 0 Å². The molecule has 8 aromatic carbocycles. The van der Waals surface area contributed by atoms with Crippen LogP contribution in [0.1, 0.15) is 101 Å². The van der Waals surface area contributed by atoms with Gasteiger partial charge in [-0.3, -0.25) is 9.13 Å². The summed E-state index contributed by atoms with van der Waals surface area (Å²) in [6.07, 6.45) is 8.02. The van der Waals surface area contributed by atoms with Crippen molar-refractivity contribution in [3.05, 3.63) is 246 Å². The number of hydrogen-bond donors (Lipinski definition) is 2. The minimum absolute atomic E-state index is 0.372. The van der Waals surface area contributed by atoms with E-state index in [1.54, 1.807) is 24.3 Å². The number of benzene rings is 8. The second-order valence-electron chi connectivity index (χ2n) is 19.8. The number of hydrogen-bond acceptors (Lipinski definition) is 4. The highest BCUT2D eigenvalue weighted by molar-refractivity contribution is 9.10. The highest BCUT2D eigenvalue weighted by Crippen LogP contribution is 2.40. The van der Waals surface area contributed by atoms with Crippen LogP contribution in [0, 0.1) is 0 Å². The second-order valence-corrected chi connectivity index (χ2v) is 20.8. The SMILES string of the molecule is CC(C)c1cc(-c2ccccc2)cc(C(C)C)c1-n1ccnc1-c1cccc(-c2ccccc2)c1.CC(C)c1cc(Br)cc(C(C)C)c1-n1ccnc1-c1cccc(-c2ccccc2)c1.OB(O)c1ccccc1. The molecule has 0 saturated carbocycles. The van der Waals surface area contributed by atoms with Crippen molar-refractivity contribution < 1.29 is 10.0 Å². The number of halogens is 1. The fourth-order valence-corrected chi connectivity index (χ4v) is 9.89. The van der Waals surface area contributed by atoms with Crippen molar-refractivity contribution in [3.8, 4) is 67.5 Å². The highest BCUT2D eigenvalue weighted by Gasteiger charge is 2.23. The molecule has 2 heterocycles. The summed E-state index contributed by atoms with van der Waals surface area (Å²) in [4.78, 5) is 9.61. The van der Waals surface area contributed by atoms with E-state index in [1.165, 1.54) is 67.0 Å². The Morgan fingerprint density at radius 1 is 0.365 bits per heavy atom. The molecule has 0 aliphatic carbocycles. The molecule has 74 heavy (non-hydrogen) atoms. The molecule has 0 aliphatic heterocycles. The summed E-state index contributed by atoms with van der Waals surface area (Å²) in [5.41, 5.74) is 18.0. The normalized spacial score (nSPS) is 11.1. The first-order chi connectivity index (χ1) is 35.8. The summed E-state index contributed by atoms with van der Waals surface area (Å²) in [6, 6.07) is 67.0. The van der Waals surface area contributed by atoms with Gasteiger partial charge in [0.05, 0.1) is 11.4 Å². The first-order valence-corrected chi connectivity index (χ1v) is 26.4. The average Bonchev–Trinajstić information content (AvgIpc) is 4.13. The van der Waals surface area contributed by atoms with Gasteiger partial charge in [-0.2, -0.15) is 0 Å². The van der Waals surface area contributed by atoms with E-state index in [4.69, 9.17) is 20.0 Å². The van der Waals surface area contributed by atoms with E-state index in [1.807, 2.05) is 18.5 Å². The van der Waals surface area contributed by atoms with Gasteiger partial charge in [0.25, 0.3) is 0 Å². The van der Waals surface area contributed by atoms with Gasteiger partial charge in [-0.15, -0.1) is 0 Å². The van der Waals surface area contributed by atoms with Crippen LogP contribution in [-0.2, 0) is 0 Å². The summed E-state index contributed by atoms with van der Waals surface area (Å²) < 4.78 is 5.69. The van der Waals surface area contributed by atoms with E-state index in [0.29, 0.717) is 29.1 Å². The average molecular weight is 1040 g/mol. The third kappa shape index (κ3) is 12.5. The minimum Gasteiger partial charge on any atom is -0.423 e. The smallest absolute Gasteiger partial charge is 0.423 e. The maximum atomic E-state index is 8.58. The standard InChI is InChI=1S/C33H32N2.C27H27BrN2.C6H7BO2/c1-23(2)30-21-29(26-14-9-6-10-15-26)22-31(24(3)4)32(30)35-19-18-34-33(35)28-17-11-16-27(20-28)25-12-7-5-8-13-25;1-18(2)24-16-23(28)17-25(19(3)4)26(24)30-14-13-29-27(30)22-12-8-11-21(15-22)20-9-6-5-7-10-20;8-7(9)6-4-2-1-3-5-6/h5-24H,1-4H3;5-19H,1-4H3;1-5,8-9H. The maximum Gasteiger partial charge on any atom is 0.488 e. The van der Waals surface area contributed by atoms with Crippen molar-refractivity contribution in [2.24, 2.45) is 0 Å². The molecule has 0 unspecified atom stereocenters. The Balaban J connectivity index is 0.000000170. The van der Waals surface area contributed by atoms with Gasteiger partial charge in [0.2, 0.25) is 0 Å². The molecular weight excluding hydrogens is 971 g/mol. The molecule has 0 saturated heterocycles. The Morgan fingerprint density at radius 2 is 0.676 bits per heavy atom. The van der Waals surface area contributed by atoms with Gasteiger partial charge in [0, 0.05) is 40.4 Å². The molecule has 6 nitrogen and oxygen atoms in total. The molecule has 10 aromatic rings. The van der Waals surface area contributed by atoms with Crippen molar-refractivity contribution in [1.29, 1.82) is 0 Å². The van der Waals surface area contributed by atoms with Crippen LogP contribution < -0.4 is 5.46 Å². The van der Waals surface area contributed by atoms with Crippen LogP contribution in [0.3, 0.4) is 0 Å². The number of imidazole rings is 2. The zero-order valence-electron chi connectivity index (χ0n) is 43.7. The number of nitrogens with zero attached hydrogens (tertiary/aromatic N) is 4. The van der Waals surface area contributed by atoms with Gasteiger partial charge in [0.15, 0.2) is 0 Å². The lowest BCUT2D eigenvalue weighted by Crippen LogP contribution is -2.29. The van der Waals surface area contributed by atoms with E-state index < -0.39 is 7.12 Å². The molecule has 2 N–H and O–H groups in total. The van der Waals surface area contributed by atoms with Gasteiger partial charge in [-0.1, -0.05) is 229 Å². The molecule has 0 spiro atoms. The zero-order chi connectivity index (χ0) is 52.3. The summed E-state index contributed by atoms with van der Waals surface area (Å²) in [6.45, 7) is 18.1. The van der Waals surface area contributed by atoms with E-state index in [2.05, 4.69) is 257 Å². The first-order valence-electron chi connectivity index (χ1n) is 25.7. The van der Waals surface area contributed by atoms with Crippen LogP contribution in [0.25, 0.3) is 67.5 Å². The second kappa shape index (κ2) is 24.6. The van der Waals surface area contributed by atoms with E-state index in [-0.39, 0.29) is 0 Å². The van der Waals surface area contributed by atoms with Crippen LogP contribution >= 0.6 is 15.9 Å². The van der Waals surface area contributed by atoms with E-state index in [0.717, 1.165) is 27.2 Å². The van der Waals surface area contributed by atoms with Crippen molar-refractivity contribution in [2.45, 2.75) is 79.1 Å². The lowest BCUT2D eigenvalue weighted by molar-refractivity contribution is 0.426. The van der Waals surface area contributed by atoms with Crippen molar-refractivity contribution in [1.82, 2.24) is 19.1 Å². The molecule has 372 valence electrons. The molecule has 2 aromatic heterocycles. The maximum absolute atomic E-state index is 8.58. The molecule has 0 fully saturated rings. The summed E-state index contributed by atoms with van der Waals surface area (Å²) >= 11 is 3.72. The molecule has 0 aliphatic rings. The third-order valence-electron chi connectivity index (χ3n) is 13.2. The number of aromatic nitrogens is 4. The Kier molecular flexibility index (Phi) is 17.6. The van der Waals surface area contributed by atoms with Crippen LogP contribution in [0.15, 0.2) is 223 Å². The van der Waals surface area contributed by atoms with Gasteiger partial charge in [0.1, 0.15) is 11.6 Å². The molecule has 10 rings (SSSR count). The zero-order valence-corrected chi connectivity index (χ0v) is 45.3. The van der Waals surface area contributed by atoms with E-state index >= 15 is 0 Å². The Morgan fingerprint density at radius 3 is 1.01 bits per heavy atom. The predicted octanol–water partition coefficient (Wildman–Crippen LogP) is 16.7. The van der Waals surface area contributed by atoms with Crippen molar-refractivity contribution in [3.63, 3.8) is 0 Å². The topological polar surface area (TPSA) is 76.1 Å². The number of rotatable bonds is 12. The molecule has 8 heteroatoms. The largest absolute Gasteiger partial charge is 0.488 e. The molecule has 0 bridgehead atoms. The first kappa shape index (κ1) is 53.0. The van der Waals surface area contributed by atoms with Gasteiger partial charge < -0.3 is 10.0 Å². The fraction of sp³-hybridized carbons (Fsp3) is 0.182. The van der Waals surface area contributed by atoms with Crippen LogP contribution in [0.5, 0.6) is 0 Å². The van der Waals surface area contributed by atoms with Gasteiger partial charge >= 0.3 is 7.12 Å². The van der Waals surface area contributed by atoms with Crippen LogP contribution in [-0.4, -0.2) is 36.3 Å². The lowest BCUT2D eigenvalue weighted by atomic mass is 9.81. The highest BCUT2D eigenvalue weighted by atomic mass is 79.9. The van der Waals surface area contributed by atoms with Crippen molar-refractivity contribution >= 4 is 28.5 Å². The quantitative estimate of drug-likeness (QED) is 0.120. The Hall–Kier alpha value is -7.36. The van der Waals surface area contributed by atoms with Crippen LogP contribution in [0.2, 0.25) is 0 Å². The fourth-order valence-electron chi connectivity index (χ4n) is 9.39. The molecule has 0 atom stereocenters. The molecule has 0 amide bonds. The summed E-state index contributed by atoms with van der Waals surface area (Å²) in [7, 11) is -1.34. The summed E-state index contributed by atoms with van der Waals surface area (Å²) in [5.74, 6) is 3.49. The molecule has 0 radical (unpaired) electrons. The summed E-state index contributed by atoms with van der Waals surface area (Å²) in [5, 5.41) is 17.2. The minimum atomic E-state index is -1.34. The van der Waals surface area contributed by atoms with E-state index in [9.17, 15) is 0 Å². The van der Waals surface area contributed by atoms with Crippen LogP contribution in [0.4, 0.5) is 0 Å². The Labute approximate surface area is 447 Å². The monoisotopic (exact) mass is 1040 g/mol. The van der Waals surface area contributed by atoms with Gasteiger partial charge in [-0.05, 0) is 121 Å².